The summed E-state index contributed by atoms with van der Waals surface area (Å²) >= 11 is 1.32. The lowest BCUT2D eigenvalue weighted by Crippen LogP contribution is -2.44. The summed E-state index contributed by atoms with van der Waals surface area (Å²) in [5.41, 5.74) is 0.340. The predicted molar refractivity (Wildman–Crippen MR) is 106 cm³/mol. The zero-order valence-electron chi connectivity index (χ0n) is 15.5. The highest BCUT2D eigenvalue weighted by Gasteiger charge is 2.29. The second kappa shape index (κ2) is 8.08. The number of carbonyl (C=O) groups is 1. The highest BCUT2D eigenvalue weighted by Crippen LogP contribution is 2.32. The molecule has 3 rings (SSSR count). The van der Waals surface area contributed by atoms with E-state index in [2.05, 4.69) is 16.8 Å². The quantitative estimate of drug-likeness (QED) is 0.740. The summed E-state index contributed by atoms with van der Waals surface area (Å²) in [6.45, 7) is 2.83. The standard InChI is InChI=1S/C19H24N2O4S2/c1-3-5-14-11-15(22)8-9-21(14)19-20-12-17(26-19)18(23)13-6-4-7-16(10-13)27(2,24)25/h4,6-7,10,12,14-15,22H,3,5,8-9,11H2,1-2H3/t14-,15+/m1/s1. The van der Waals surface area contributed by atoms with E-state index in [0.717, 1.165) is 30.8 Å². The molecular weight excluding hydrogens is 384 g/mol. The molecule has 1 aliphatic rings. The molecule has 6 nitrogen and oxygen atoms in total. The van der Waals surface area contributed by atoms with E-state index < -0.39 is 9.84 Å². The summed E-state index contributed by atoms with van der Waals surface area (Å²) in [5.74, 6) is -0.228. The van der Waals surface area contributed by atoms with Crippen molar-refractivity contribution in [1.29, 1.82) is 0 Å². The van der Waals surface area contributed by atoms with Crippen molar-refractivity contribution in [3.8, 4) is 0 Å². The summed E-state index contributed by atoms with van der Waals surface area (Å²) in [5, 5.41) is 10.7. The van der Waals surface area contributed by atoms with Crippen LogP contribution in [0.4, 0.5) is 5.13 Å². The van der Waals surface area contributed by atoms with Crippen molar-refractivity contribution in [2.75, 3.05) is 17.7 Å². The number of ketones is 1. The molecule has 8 heteroatoms. The van der Waals surface area contributed by atoms with Crippen LogP contribution in [0.15, 0.2) is 35.4 Å². The molecule has 1 fully saturated rings. The number of carbonyl (C=O) groups excluding carboxylic acids is 1. The van der Waals surface area contributed by atoms with Crippen LogP contribution in [0.3, 0.4) is 0 Å². The van der Waals surface area contributed by atoms with E-state index in [1.54, 1.807) is 18.3 Å². The molecule has 146 valence electrons. The molecule has 2 heterocycles. The van der Waals surface area contributed by atoms with Crippen LogP contribution in [0.1, 0.15) is 47.8 Å². The molecule has 2 aromatic rings. The minimum absolute atomic E-state index is 0.131. The second-order valence-corrected chi connectivity index (χ2v) is 9.98. The maximum absolute atomic E-state index is 12.8. The Labute approximate surface area is 163 Å². The lowest BCUT2D eigenvalue weighted by atomic mass is 9.96. The first-order chi connectivity index (χ1) is 12.8. The van der Waals surface area contributed by atoms with Crippen LogP contribution in [0.2, 0.25) is 0 Å². The van der Waals surface area contributed by atoms with Crippen LogP contribution in [0.5, 0.6) is 0 Å². The Morgan fingerprint density at radius 1 is 1.41 bits per heavy atom. The zero-order chi connectivity index (χ0) is 19.6. The minimum Gasteiger partial charge on any atom is -0.393 e. The molecule has 1 N–H and O–H groups in total. The molecule has 1 aromatic carbocycles. The number of aromatic nitrogens is 1. The fraction of sp³-hybridized carbons (Fsp3) is 0.474. The summed E-state index contributed by atoms with van der Waals surface area (Å²) < 4.78 is 23.5. The number of aliphatic hydroxyl groups is 1. The van der Waals surface area contributed by atoms with E-state index in [4.69, 9.17) is 0 Å². The number of benzene rings is 1. The Kier molecular flexibility index (Phi) is 5.98. The third-order valence-corrected chi connectivity index (χ3v) is 6.94. The van der Waals surface area contributed by atoms with Gasteiger partial charge in [-0.25, -0.2) is 13.4 Å². The van der Waals surface area contributed by atoms with Gasteiger partial charge in [-0.3, -0.25) is 4.79 Å². The zero-order valence-corrected chi connectivity index (χ0v) is 17.1. The van der Waals surface area contributed by atoms with Crippen LogP contribution in [-0.2, 0) is 9.84 Å². The van der Waals surface area contributed by atoms with Crippen LogP contribution in [-0.4, -0.2) is 49.2 Å². The second-order valence-electron chi connectivity index (χ2n) is 6.95. The number of thiazole rings is 1. The number of hydrogen-bond donors (Lipinski definition) is 1. The van der Waals surface area contributed by atoms with Gasteiger partial charge in [0.1, 0.15) is 0 Å². The van der Waals surface area contributed by atoms with Gasteiger partial charge in [-0.1, -0.05) is 36.8 Å². The highest BCUT2D eigenvalue weighted by atomic mass is 32.2. The van der Waals surface area contributed by atoms with Gasteiger partial charge in [0.2, 0.25) is 5.78 Å². The van der Waals surface area contributed by atoms with Crippen molar-refractivity contribution >= 4 is 32.1 Å². The minimum atomic E-state index is -3.37. The number of rotatable bonds is 6. The van der Waals surface area contributed by atoms with Gasteiger partial charge >= 0.3 is 0 Å². The van der Waals surface area contributed by atoms with Gasteiger partial charge in [-0.15, -0.1) is 0 Å². The smallest absolute Gasteiger partial charge is 0.204 e. The van der Waals surface area contributed by atoms with Crippen molar-refractivity contribution < 1.29 is 18.3 Å². The van der Waals surface area contributed by atoms with E-state index in [0.29, 0.717) is 23.3 Å². The van der Waals surface area contributed by atoms with E-state index in [1.165, 1.54) is 23.5 Å². The topological polar surface area (TPSA) is 87.6 Å². The normalized spacial score (nSPS) is 20.6. The first-order valence-electron chi connectivity index (χ1n) is 9.05. The lowest BCUT2D eigenvalue weighted by molar-refractivity contribution is 0.104. The lowest BCUT2D eigenvalue weighted by Gasteiger charge is -2.37. The monoisotopic (exact) mass is 408 g/mol. The van der Waals surface area contributed by atoms with Crippen LogP contribution < -0.4 is 4.90 Å². The number of nitrogens with zero attached hydrogens (tertiary/aromatic N) is 2. The number of sulfone groups is 1. The van der Waals surface area contributed by atoms with Gasteiger partial charge in [0.05, 0.1) is 22.1 Å². The molecule has 2 atom stereocenters. The molecule has 0 saturated carbocycles. The van der Waals surface area contributed by atoms with Gasteiger partial charge in [-0.05, 0) is 31.4 Å². The largest absolute Gasteiger partial charge is 0.393 e. The van der Waals surface area contributed by atoms with Gasteiger partial charge in [0, 0.05) is 24.4 Å². The molecule has 1 aromatic heterocycles. The Balaban J connectivity index is 1.84. The predicted octanol–water partition coefficient (Wildman–Crippen LogP) is 2.91. The SMILES string of the molecule is CCC[C@@H]1C[C@@H](O)CCN1c1ncc(C(=O)c2cccc(S(C)(=O)=O)c2)s1. The third kappa shape index (κ3) is 4.56. The van der Waals surface area contributed by atoms with Crippen molar-refractivity contribution in [2.45, 2.75) is 49.6 Å². The highest BCUT2D eigenvalue weighted by molar-refractivity contribution is 7.90. The van der Waals surface area contributed by atoms with Gasteiger partial charge in [0.25, 0.3) is 0 Å². The average molecular weight is 409 g/mol. The Bertz CT molecular complexity index is 923. The number of piperidine rings is 1. The maximum atomic E-state index is 12.8. The fourth-order valence-electron chi connectivity index (χ4n) is 3.40. The van der Waals surface area contributed by atoms with Crippen LogP contribution in [0, 0.1) is 0 Å². The Hall–Kier alpha value is -1.77. The van der Waals surface area contributed by atoms with E-state index >= 15 is 0 Å². The van der Waals surface area contributed by atoms with Gasteiger partial charge < -0.3 is 10.0 Å². The van der Waals surface area contributed by atoms with E-state index in [1.807, 2.05) is 0 Å². The molecule has 0 aliphatic carbocycles. The summed E-state index contributed by atoms with van der Waals surface area (Å²) in [6, 6.07) is 6.32. The van der Waals surface area contributed by atoms with E-state index in [-0.39, 0.29) is 22.8 Å². The molecule has 0 bridgehead atoms. The third-order valence-electron chi connectivity index (χ3n) is 4.80. The average Bonchev–Trinajstić information content (AvgIpc) is 3.11. The van der Waals surface area contributed by atoms with Crippen molar-refractivity contribution in [3.05, 3.63) is 40.9 Å². The molecule has 27 heavy (non-hydrogen) atoms. The van der Waals surface area contributed by atoms with Crippen LogP contribution >= 0.6 is 11.3 Å². The van der Waals surface area contributed by atoms with Crippen molar-refractivity contribution in [2.24, 2.45) is 0 Å². The first-order valence-corrected chi connectivity index (χ1v) is 11.8. The molecule has 0 radical (unpaired) electrons. The summed E-state index contributed by atoms with van der Waals surface area (Å²) in [6.07, 6.45) is 5.80. The molecule has 1 aliphatic heterocycles. The van der Waals surface area contributed by atoms with Gasteiger partial charge in [0.15, 0.2) is 15.0 Å². The molecule has 1 saturated heterocycles. The summed E-state index contributed by atoms with van der Waals surface area (Å²) in [4.78, 5) is 20.0. The molecule has 0 unspecified atom stereocenters. The van der Waals surface area contributed by atoms with Crippen molar-refractivity contribution in [3.63, 3.8) is 0 Å². The van der Waals surface area contributed by atoms with E-state index in [9.17, 15) is 18.3 Å². The number of hydrogen-bond acceptors (Lipinski definition) is 7. The maximum Gasteiger partial charge on any atom is 0.204 e. The van der Waals surface area contributed by atoms with Crippen LogP contribution in [0.25, 0.3) is 0 Å². The Morgan fingerprint density at radius 2 is 2.19 bits per heavy atom. The number of anilines is 1. The Morgan fingerprint density at radius 3 is 2.89 bits per heavy atom. The van der Waals surface area contributed by atoms with Crippen molar-refractivity contribution in [1.82, 2.24) is 4.98 Å². The fourth-order valence-corrected chi connectivity index (χ4v) is 5.04. The molecule has 0 amide bonds. The molecule has 0 spiro atoms. The first kappa shape index (κ1) is 20.0. The summed E-state index contributed by atoms with van der Waals surface area (Å²) in [7, 11) is -3.37. The van der Waals surface area contributed by atoms with Gasteiger partial charge in [-0.2, -0.15) is 0 Å². The molecular formula is C19H24N2O4S2. The number of aliphatic hydroxyl groups excluding tert-OH is 1.